The zero-order valence-electron chi connectivity index (χ0n) is 12.1. The Bertz CT molecular complexity index is 506. The van der Waals surface area contributed by atoms with Gasteiger partial charge in [0, 0.05) is 18.8 Å². The second-order valence-electron chi connectivity index (χ2n) is 6.17. The maximum Gasteiger partial charge on any atom is 0.317 e. The third kappa shape index (κ3) is 2.60. The van der Waals surface area contributed by atoms with Crippen LogP contribution in [0.1, 0.15) is 43.4 Å². The van der Waals surface area contributed by atoms with Crippen molar-refractivity contribution in [3.63, 3.8) is 0 Å². The molecule has 1 heterocycles. The molecule has 108 valence electrons. The highest BCUT2D eigenvalue weighted by Crippen LogP contribution is 2.32. The number of nitrogens with one attached hydrogen (secondary N) is 1. The molecule has 20 heavy (non-hydrogen) atoms. The Morgan fingerprint density at radius 3 is 2.80 bits per heavy atom. The van der Waals surface area contributed by atoms with E-state index in [1.807, 2.05) is 17.0 Å². The number of benzene rings is 1. The van der Waals surface area contributed by atoms with Crippen LogP contribution in [0.4, 0.5) is 10.5 Å². The van der Waals surface area contributed by atoms with Gasteiger partial charge < -0.3 is 16.0 Å². The van der Waals surface area contributed by atoms with Crippen molar-refractivity contribution in [2.45, 2.75) is 38.6 Å². The van der Waals surface area contributed by atoms with Gasteiger partial charge in [0.1, 0.15) is 0 Å². The first-order valence-electron chi connectivity index (χ1n) is 7.57. The SMILES string of the molecule is CC1CCN(C(=O)NC2CCc3cc(N)ccc32)CC1. The van der Waals surface area contributed by atoms with Crippen LogP contribution >= 0.6 is 0 Å². The van der Waals surface area contributed by atoms with Gasteiger partial charge in [0.25, 0.3) is 0 Å². The molecule has 2 amide bonds. The number of amides is 2. The van der Waals surface area contributed by atoms with Crippen LogP contribution in [0, 0.1) is 5.92 Å². The number of aryl methyl sites for hydroxylation is 1. The lowest BCUT2D eigenvalue weighted by atomic mass is 9.99. The smallest absolute Gasteiger partial charge is 0.317 e. The van der Waals surface area contributed by atoms with Gasteiger partial charge in [-0.1, -0.05) is 13.0 Å². The van der Waals surface area contributed by atoms with Gasteiger partial charge in [0.05, 0.1) is 6.04 Å². The van der Waals surface area contributed by atoms with Crippen LogP contribution in [-0.2, 0) is 6.42 Å². The summed E-state index contributed by atoms with van der Waals surface area (Å²) in [7, 11) is 0. The van der Waals surface area contributed by atoms with Gasteiger partial charge in [-0.2, -0.15) is 0 Å². The van der Waals surface area contributed by atoms with Gasteiger partial charge >= 0.3 is 6.03 Å². The number of carbonyl (C=O) groups excluding carboxylic acids is 1. The molecule has 1 aromatic rings. The predicted octanol–water partition coefficient (Wildman–Crippen LogP) is 2.70. The molecule has 2 aliphatic rings. The van der Waals surface area contributed by atoms with E-state index in [9.17, 15) is 4.79 Å². The predicted molar refractivity (Wildman–Crippen MR) is 80.4 cm³/mol. The molecule has 1 aromatic carbocycles. The first-order valence-corrected chi connectivity index (χ1v) is 7.57. The van der Waals surface area contributed by atoms with E-state index in [2.05, 4.69) is 18.3 Å². The van der Waals surface area contributed by atoms with Crippen LogP contribution in [0.2, 0.25) is 0 Å². The quantitative estimate of drug-likeness (QED) is 0.773. The van der Waals surface area contributed by atoms with Gasteiger partial charge in [-0.05, 0) is 54.9 Å². The van der Waals surface area contributed by atoms with E-state index in [1.54, 1.807) is 0 Å². The summed E-state index contributed by atoms with van der Waals surface area (Å²) in [5.74, 6) is 0.745. The first-order chi connectivity index (χ1) is 9.63. The Morgan fingerprint density at radius 1 is 1.30 bits per heavy atom. The third-order valence-corrected chi connectivity index (χ3v) is 4.61. The number of nitrogen functional groups attached to an aromatic ring is 1. The van der Waals surface area contributed by atoms with Gasteiger partial charge in [-0.3, -0.25) is 0 Å². The molecule has 0 saturated carbocycles. The second kappa shape index (κ2) is 5.35. The van der Waals surface area contributed by atoms with Crippen LogP contribution in [0.25, 0.3) is 0 Å². The van der Waals surface area contributed by atoms with E-state index >= 15 is 0 Å². The molecular formula is C16H23N3O. The van der Waals surface area contributed by atoms with E-state index < -0.39 is 0 Å². The molecule has 0 bridgehead atoms. The van der Waals surface area contributed by atoms with Crippen molar-refractivity contribution in [2.24, 2.45) is 5.92 Å². The van der Waals surface area contributed by atoms with Gasteiger partial charge in [0.15, 0.2) is 0 Å². The normalized spacial score (nSPS) is 22.6. The van der Waals surface area contributed by atoms with E-state index in [1.165, 1.54) is 11.1 Å². The maximum absolute atomic E-state index is 12.3. The van der Waals surface area contributed by atoms with Crippen molar-refractivity contribution in [3.8, 4) is 0 Å². The molecule has 1 saturated heterocycles. The van der Waals surface area contributed by atoms with Crippen molar-refractivity contribution < 1.29 is 4.79 Å². The summed E-state index contributed by atoms with van der Waals surface area (Å²) in [6.07, 6.45) is 4.22. The van der Waals surface area contributed by atoms with Gasteiger partial charge in [-0.15, -0.1) is 0 Å². The Hall–Kier alpha value is -1.71. The minimum atomic E-state index is 0.0894. The molecule has 3 rings (SSSR count). The van der Waals surface area contributed by atoms with E-state index in [-0.39, 0.29) is 12.1 Å². The monoisotopic (exact) mass is 273 g/mol. The van der Waals surface area contributed by atoms with Crippen molar-refractivity contribution in [2.75, 3.05) is 18.8 Å². The minimum Gasteiger partial charge on any atom is -0.399 e. The van der Waals surface area contributed by atoms with Crippen LogP contribution in [0.3, 0.4) is 0 Å². The Labute approximate surface area is 120 Å². The Morgan fingerprint density at radius 2 is 2.05 bits per heavy atom. The van der Waals surface area contributed by atoms with E-state index in [0.717, 1.165) is 50.4 Å². The van der Waals surface area contributed by atoms with Crippen molar-refractivity contribution in [3.05, 3.63) is 29.3 Å². The average molecular weight is 273 g/mol. The number of fused-ring (bicyclic) bond motifs is 1. The lowest BCUT2D eigenvalue weighted by Crippen LogP contribution is -2.45. The summed E-state index contributed by atoms with van der Waals surface area (Å²) in [4.78, 5) is 14.3. The molecule has 1 aliphatic carbocycles. The lowest BCUT2D eigenvalue weighted by Gasteiger charge is -2.31. The average Bonchev–Trinajstić information content (AvgIpc) is 2.81. The summed E-state index contributed by atoms with van der Waals surface area (Å²) in [5.41, 5.74) is 9.13. The van der Waals surface area contributed by atoms with Gasteiger partial charge in [-0.25, -0.2) is 4.79 Å². The van der Waals surface area contributed by atoms with Crippen molar-refractivity contribution >= 4 is 11.7 Å². The van der Waals surface area contributed by atoms with Crippen molar-refractivity contribution in [1.29, 1.82) is 0 Å². The van der Waals surface area contributed by atoms with E-state index in [4.69, 9.17) is 5.73 Å². The zero-order valence-corrected chi connectivity index (χ0v) is 12.1. The number of rotatable bonds is 1. The number of likely N-dealkylation sites (tertiary alicyclic amines) is 1. The lowest BCUT2D eigenvalue weighted by molar-refractivity contribution is 0.170. The standard InChI is InChI=1S/C16H23N3O/c1-11-6-8-19(9-7-11)16(20)18-15-5-2-12-10-13(17)3-4-14(12)15/h3-4,10-11,15H,2,5-9,17H2,1H3,(H,18,20). The number of anilines is 1. The number of piperidine rings is 1. The molecule has 0 spiro atoms. The molecule has 0 aromatic heterocycles. The topological polar surface area (TPSA) is 58.4 Å². The largest absolute Gasteiger partial charge is 0.399 e. The molecule has 4 nitrogen and oxygen atoms in total. The highest BCUT2D eigenvalue weighted by molar-refractivity contribution is 5.75. The number of nitrogens with two attached hydrogens (primary N) is 1. The Kier molecular flexibility index (Phi) is 3.55. The molecule has 0 radical (unpaired) electrons. The minimum absolute atomic E-state index is 0.0894. The summed E-state index contributed by atoms with van der Waals surface area (Å²) < 4.78 is 0. The fourth-order valence-corrected chi connectivity index (χ4v) is 3.24. The molecule has 1 aliphatic heterocycles. The van der Waals surface area contributed by atoms with Crippen molar-refractivity contribution in [1.82, 2.24) is 10.2 Å². The van der Waals surface area contributed by atoms with Crippen LogP contribution in [0.15, 0.2) is 18.2 Å². The second-order valence-corrected chi connectivity index (χ2v) is 6.17. The summed E-state index contributed by atoms with van der Waals surface area (Å²) in [6.45, 7) is 4.02. The zero-order chi connectivity index (χ0) is 14.1. The molecular weight excluding hydrogens is 250 g/mol. The molecule has 4 heteroatoms. The summed E-state index contributed by atoms with van der Waals surface area (Å²) >= 11 is 0. The first kappa shape index (κ1) is 13.3. The highest BCUT2D eigenvalue weighted by Gasteiger charge is 2.27. The molecule has 1 atom stereocenters. The van der Waals surface area contributed by atoms with E-state index in [0.29, 0.717) is 0 Å². The molecule has 1 unspecified atom stereocenters. The Balaban J connectivity index is 1.64. The molecule has 3 N–H and O–H groups in total. The van der Waals surface area contributed by atoms with Crippen LogP contribution in [0.5, 0.6) is 0 Å². The van der Waals surface area contributed by atoms with Gasteiger partial charge in [0.2, 0.25) is 0 Å². The molecule has 1 fully saturated rings. The maximum atomic E-state index is 12.3. The van der Waals surface area contributed by atoms with Crippen LogP contribution < -0.4 is 11.1 Å². The summed E-state index contributed by atoms with van der Waals surface area (Å²) in [6, 6.07) is 6.25. The third-order valence-electron chi connectivity index (χ3n) is 4.61. The number of hydrogen-bond acceptors (Lipinski definition) is 2. The fraction of sp³-hybridized carbons (Fsp3) is 0.562. The number of nitrogens with zero attached hydrogens (tertiary/aromatic N) is 1. The number of urea groups is 1. The fourth-order valence-electron chi connectivity index (χ4n) is 3.24. The van der Waals surface area contributed by atoms with Crippen LogP contribution in [-0.4, -0.2) is 24.0 Å². The number of carbonyl (C=O) groups is 1. The summed E-state index contributed by atoms with van der Waals surface area (Å²) in [5, 5.41) is 3.19. The highest BCUT2D eigenvalue weighted by atomic mass is 16.2. The number of hydrogen-bond donors (Lipinski definition) is 2.